The predicted molar refractivity (Wildman–Crippen MR) is 106 cm³/mol. The van der Waals surface area contributed by atoms with Gasteiger partial charge < -0.3 is 10.1 Å². The van der Waals surface area contributed by atoms with Crippen LogP contribution in [-0.2, 0) is 4.79 Å². The number of rotatable bonds is 8. The molecular weight excluding hydrogens is 362 g/mol. The van der Waals surface area contributed by atoms with Crippen molar-refractivity contribution in [3.8, 4) is 5.75 Å². The summed E-state index contributed by atoms with van der Waals surface area (Å²) in [4.78, 5) is 15.6. The van der Waals surface area contributed by atoms with E-state index in [0.717, 1.165) is 30.5 Å². The summed E-state index contributed by atoms with van der Waals surface area (Å²) in [7, 11) is 0. The van der Waals surface area contributed by atoms with E-state index in [9.17, 15) is 13.6 Å². The smallest absolute Gasteiger partial charge is 0.264 e. The SMILES string of the molecule is CCCC(CNC=O)c1cc2c(c(C3=CCCC(C)=C3C(F)F)n1)OCC2C. The molecule has 0 radical (unpaired) electrons. The summed E-state index contributed by atoms with van der Waals surface area (Å²) in [6, 6.07) is 2.03. The van der Waals surface area contributed by atoms with E-state index in [1.165, 1.54) is 0 Å². The zero-order chi connectivity index (χ0) is 20.3. The first-order chi connectivity index (χ1) is 13.5. The highest BCUT2D eigenvalue weighted by atomic mass is 19.3. The number of hydrogen-bond donors (Lipinski definition) is 1. The molecule has 0 saturated carbocycles. The fourth-order valence-electron chi connectivity index (χ4n) is 4.11. The Morgan fingerprint density at radius 1 is 1.43 bits per heavy atom. The maximum Gasteiger partial charge on any atom is 0.264 e. The van der Waals surface area contributed by atoms with Crippen LogP contribution in [0.5, 0.6) is 5.75 Å². The topological polar surface area (TPSA) is 51.2 Å². The highest BCUT2D eigenvalue weighted by molar-refractivity contribution is 5.83. The van der Waals surface area contributed by atoms with E-state index in [1.807, 2.05) is 12.1 Å². The number of aromatic nitrogens is 1. The fraction of sp³-hybridized carbons (Fsp3) is 0.545. The number of ether oxygens (including phenoxy) is 1. The lowest BCUT2D eigenvalue weighted by molar-refractivity contribution is -0.109. The van der Waals surface area contributed by atoms with Crippen LogP contribution in [0.3, 0.4) is 0 Å². The summed E-state index contributed by atoms with van der Waals surface area (Å²) in [5.41, 5.74) is 3.68. The minimum absolute atomic E-state index is 0.0383. The van der Waals surface area contributed by atoms with Gasteiger partial charge in [0, 0.05) is 40.8 Å². The van der Waals surface area contributed by atoms with Crippen molar-refractivity contribution in [2.75, 3.05) is 13.2 Å². The predicted octanol–water partition coefficient (Wildman–Crippen LogP) is 4.97. The van der Waals surface area contributed by atoms with E-state index < -0.39 is 6.43 Å². The van der Waals surface area contributed by atoms with Crippen LogP contribution in [0, 0.1) is 0 Å². The van der Waals surface area contributed by atoms with Gasteiger partial charge in [-0.1, -0.05) is 31.9 Å². The van der Waals surface area contributed by atoms with E-state index in [4.69, 9.17) is 9.72 Å². The molecule has 1 aromatic rings. The largest absolute Gasteiger partial charge is 0.490 e. The number of alkyl halides is 2. The first kappa shape index (κ1) is 20.5. The lowest BCUT2D eigenvalue weighted by Gasteiger charge is -2.23. The van der Waals surface area contributed by atoms with Crippen molar-refractivity contribution in [1.82, 2.24) is 10.3 Å². The Morgan fingerprint density at radius 3 is 2.89 bits per heavy atom. The van der Waals surface area contributed by atoms with Gasteiger partial charge in [-0.25, -0.2) is 13.8 Å². The van der Waals surface area contributed by atoms with Crippen LogP contribution in [0.25, 0.3) is 5.57 Å². The molecule has 6 heteroatoms. The van der Waals surface area contributed by atoms with E-state index >= 15 is 0 Å². The van der Waals surface area contributed by atoms with Crippen molar-refractivity contribution < 1.29 is 18.3 Å². The van der Waals surface area contributed by atoms with E-state index in [2.05, 4.69) is 19.2 Å². The Hall–Kier alpha value is -2.24. The molecule has 2 unspecified atom stereocenters. The quantitative estimate of drug-likeness (QED) is 0.638. The number of nitrogens with one attached hydrogen (secondary N) is 1. The lowest BCUT2D eigenvalue weighted by Crippen LogP contribution is -2.21. The molecule has 1 amide bonds. The number of amides is 1. The average molecular weight is 390 g/mol. The number of halogens is 2. The van der Waals surface area contributed by atoms with Crippen LogP contribution in [0.15, 0.2) is 23.3 Å². The van der Waals surface area contributed by atoms with Gasteiger partial charge in [-0.3, -0.25) is 4.79 Å². The molecule has 28 heavy (non-hydrogen) atoms. The lowest BCUT2D eigenvalue weighted by atomic mass is 9.87. The third-order valence-corrected chi connectivity index (χ3v) is 5.62. The monoisotopic (exact) mass is 390 g/mol. The van der Waals surface area contributed by atoms with Crippen molar-refractivity contribution in [3.63, 3.8) is 0 Å². The number of fused-ring (bicyclic) bond motifs is 1. The molecule has 0 saturated heterocycles. The standard InChI is InChI=1S/C22H28F2N2O2/c1-4-6-15(10-25-12-27)18-9-17-14(3)11-28-21(17)20(26-18)16-8-5-7-13(2)19(16)22(23)24/h8-9,12,14-15,22H,4-7,10-11H2,1-3H3,(H,25,27). The molecule has 1 N–H and O–H groups in total. The van der Waals surface area contributed by atoms with Crippen LogP contribution < -0.4 is 10.1 Å². The van der Waals surface area contributed by atoms with Crippen molar-refractivity contribution in [1.29, 1.82) is 0 Å². The highest BCUT2D eigenvalue weighted by Gasteiger charge is 2.32. The highest BCUT2D eigenvalue weighted by Crippen LogP contribution is 2.45. The molecule has 1 aliphatic carbocycles. The van der Waals surface area contributed by atoms with Crippen LogP contribution in [0.1, 0.15) is 75.2 Å². The van der Waals surface area contributed by atoms with Gasteiger partial charge in [0.1, 0.15) is 11.4 Å². The van der Waals surface area contributed by atoms with Gasteiger partial charge in [0.2, 0.25) is 6.41 Å². The van der Waals surface area contributed by atoms with Crippen LogP contribution in [0.2, 0.25) is 0 Å². The normalized spacial score (nSPS) is 19.9. The molecule has 0 aromatic carbocycles. The number of carbonyl (C=O) groups excluding carboxylic acids is 1. The summed E-state index contributed by atoms with van der Waals surface area (Å²) < 4.78 is 33.6. The summed E-state index contributed by atoms with van der Waals surface area (Å²) in [6.07, 6.45) is 3.17. The number of pyridine rings is 1. The number of hydrogen-bond acceptors (Lipinski definition) is 3. The molecule has 0 bridgehead atoms. The Labute approximate surface area is 165 Å². The minimum atomic E-state index is -2.55. The van der Waals surface area contributed by atoms with E-state index in [0.29, 0.717) is 48.6 Å². The molecule has 152 valence electrons. The first-order valence-electron chi connectivity index (χ1n) is 10.0. The van der Waals surface area contributed by atoms with E-state index in [-0.39, 0.29) is 17.4 Å². The zero-order valence-corrected chi connectivity index (χ0v) is 16.7. The van der Waals surface area contributed by atoms with Crippen LogP contribution in [0.4, 0.5) is 8.78 Å². The van der Waals surface area contributed by atoms with Gasteiger partial charge in [0.25, 0.3) is 6.43 Å². The Morgan fingerprint density at radius 2 is 2.21 bits per heavy atom. The van der Waals surface area contributed by atoms with Gasteiger partial charge in [0.05, 0.1) is 6.61 Å². The second-order valence-corrected chi connectivity index (χ2v) is 7.69. The maximum atomic E-state index is 13.9. The third kappa shape index (κ3) is 3.96. The van der Waals surface area contributed by atoms with Crippen molar-refractivity contribution in [3.05, 3.63) is 40.2 Å². The molecule has 0 fully saturated rings. The molecule has 3 rings (SSSR count). The maximum absolute atomic E-state index is 13.9. The molecular formula is C22H28F2N2O2. The molecule has 2 heterocycles. The van der Waals surface area contributed by atoms with Crippen LogP contribution in [-0.4, -0.2) is 31.0 Å². The first-order valence-corrected chi connectivity index (χ1v) is 10.0. The number of allylic oxidation sites excluding steroid dienone is 4. The fourth-order valence-corrected chi connectivity index (χ4v) is 4.11. The van der Waals surface area contributed by atoms with Crippen molar-refractivity contribution in [2.24, 2.45) is 0 Å². The van der Waals surface area contributed by atoms with Crippen LogP contribution >= 0.6 is 0 Å². The van der Waals surface area contributed by atoms with Gasteiger partial charge >= 0.3 is 0 Å². The molecule has 1 aromatic heterocycles. The molecule has 0 spiro atoms. The third-order valence-electron chi connectivity index (χ3n) is 5.62. The summed E-state index contributed by atoms with van der Waals surface area (Å²) >= 11 is 0. The van der Waals surface area contributed by atoms with Crippen molar-refractivity contribution >= 4 is 12.0 Å². The molecule has 1 aliphatic heterocycles. The average Bonchev–Trinajstić information content (AvgIpc) is 3.05. The Bertz CT molecular complexity index is 802. The summed E-state index contributed by atoms with van der Waals surface area (Å²) in [6.45, 7) is 6.93. The Kier molecular flexibility index (Phi) is 6.47. The van der Waals surface area contributed by atoms with E-state index in [1.54, 1.807) is 6.92 Å². The van der Waals surface area contributed by atoms with Gasteiger partial charge in [-0.15, -0.1) is 0 Å². The summed E-state index contributed by atoms with van der Waals surface area (Å²) in [5, 5.41) is 2.75. The zero-order valence-electron chi connectivity index (χ0n) is 16.7. The second-order valence-electron chi connectivity index (χ2n) is 7.69. The number of nitrogens with zero attached hydrogens (tertiary/aromatic N) is 1. The van der Waals surface area contributed by atoms with Gasteiger partial charge in [-0.05, 0) is 32.3 Å². The minimum Gasteiger partial charge on any atom is -0.490 e. The molecule has 2 aliphatic rings. The second kappa shape index (κ2) is 8.84. The van der Waals surface area contributed by atoms with Gasteiger partial charge in [-0.2, -0.15) is 0 Å². The molecule has 4 nitrogen and oxygen atoms in total. The summed E-state index contributed by atoms with van der Waals surface area (Å²) in [5.74, 6) is 0.853. The van der Waals surface area contributed by atoms with Crippen molar-refractivity contribution in [2.45, 2.75) is 64.7 Å². The Balaban J connectivity index is 2.13. The van der Waals surface area contributed by atoms with Gasteiger partial charge in [0.15, 0.2) is 0 Å². The molecule has 2 atom stereocenters. The number of carbonyl (C=O) groups is 1.